The average Bonchev–Trinajstić information content (AvgIpc) is 2.88. The first-order valence-electron chi connectivity index (χ1n) is 11.9. The fourth-order valence-corrected chi connectivity index (χ4v) is 7.49. The van der Waals surface area contributed by atoms with E-state index in [2.05, 4.69) is 56.4 Å². The van der Waals surface area contributed by atoms with Crippen molar-refractivity contribution >= 4 is 11.6 Å². The molecule has 5 aliphatic rings. The molecule has 5 atom stereocenters. The van der Waals surface area contributed by atoms with E-state index in [4.69, 9.17) is 0 Å². The molecule has 5 unspecified atom stereocenters. The summed E-state index contributed by atoms with van der Waals surface area (Å²) in [5.74, 6) is 2.54. The second-order valence-electron chi connectivity index (χ2n) is 10.7. The summed E-state index contributed by atoms with van der Waals surface area (Å²) in [6.45, 7) is 4.67. The Hall–Kier alpha value is -1.96. The Bertz CT molecular complexity index is 926. The minimum absolute atomic E-state index is 0.0543. The van der Waals surface area contributed by atoms with Crippen molar-refractivity contribution < 1.29 is 9.59 Å². The molecule has 2 heteroatoms. The lowest BCUT2D eigenvalue weighted by Crippen LogP contribution is -2.48. The first-order valence-corrected chi connectivity index (χ1v) is 11.9. The maximum Gasteiger partial charge on any atom is 0.159 e. The Morgan fingerprint density at radius 3 is 2.70 bits per heavy atom. The zero-order chi connectivity index (χ0) is 20.9. The molecular weight excluding hydrogens is 368 g/mol. The van der Waals surface area contributed by atoms with Gasteiger partial charge in [0.25, 0.3) is 0 Å². The molecule has 0 saturated heterocycles. The molecule has 0 radical (unpaired) electrons. The summed E-state index contributed by atoms with van der Waals surface area (Å²) in [5, 5.41) is 0. The highest BCUT2D eigenvalue weighted by molar-refractivity contribution is 5.96. The van der Waals surface area contributed by atoms with Gasteiger partial charge in [0.15, 0.2) is 5.78 Å². The predicted molar refractivity (Wildman–Crippen MR) is 121 cm³/mol. The summed E-state index contributed by atoms with van der Waals surface area (Å²) in [6.07, 6.45) is 23.7. The van der Waals surface area contributed by atoms with Gasteiger partial charge in [-0.3, -0.25) is 9.59 Å². The summed E-state index contributed by atoms with van der Waals surface area (Å²) >= 11 is 0. The van der Waals surface area contributed by atoms with Gasteiger partial charge in [-0.2, -0.15) is 0 Å². The van der Waals surface area contributed by atoms with Crippen molar-refractivity contribution in [3.63, 3.8) is 0 Å². The molecule has 0 spiro atoms. The van der Waals surface area contributed by atoms with E-state index >= 15 is 0 Å². The van der Waals surface area contributed by atoms with Crippen LogP contribution in [-0.2, 0) is 9.59 Å². The topological polar surface area (TPSA) is 34.1 Å². The summed E-state index contributed by atoms with van der Waals surface area (Å²) < 4.78 is 0. The molecule has 0 amide bonds. The van der Waals surface area contributed by atoms with Gasteiger partial charge in [-0.25, -0.2) is 0 Å². The first kappa shape index (κ1) is 20.0. The molecule has 0 aromatic rings. The van der Waals surface area contributed by atoms with Gasteiger partial charge in [-0.05, 0) is 85.3 Å². The highest BCUT2D eigenvalue weighted by Gasteiger charge is 2.58. The van der Waals surface area contributed by atoms with Gasteiger partial charge in [0, 0.05) is 18.3 Å². The van der Waals surface area contributed by atoms with Crippen LogP contribution in [0.1, 0.15) is 71.6 Å². The third-order valence-electron chi connectivity index (χ3n) is 9.22. The van der Waals surface area contributed by atoms with Gasteiger partial charge in [0.1, 0.15) is 5.78 Å². The van der Waals surface area contributed by atoms with Crippen molar-refractivity contribution in [2.24, 2.45) is 28.6 Å². The fourth-order valence-electron chi connectivity index (χ4n) is 7.49. The zero-order valence-corrected chi connectivity index (χ0v) is 18.5. The molecule has 3 saturated carbocycles. The molecule has 5 rings (SSSR count). The summed E-state index contributed by atoms with van der Waals surface area (Å²) in [6, 6.07) is 0. The molecule has 0 heterocycles. The number of ketones is 2. The molecule has 2 nitrogen and oxygen atoms in total. The highest BCUT2D eigenvalue weighted by Crippen LogP contribution is 2.63. The molecule has 3 fully saturated rings. The van der Waals surface area contributed by atoms with Crippen molar-refractivity contribution in [2.75, 3.05) is 0 Å². The molecule has 0 bridgehead atoms. The SMILES string of the molecule is CC12CCC3C(CC=C4CCC(=O)/C(=C/C5=CC=CCC=C5)CC43C)C1CCC2=O. The summed E-state index contributed by atoms with van der Waals surface area (Å²) in [4.78, 5) is 25.8. The normalized spacial score (nSPS) is 42.1. The molecular formula is C28H34O2. The zero-order valence-electron chi connectivity index (χ0n) is 18.5. The number of hydrogen-bond donors (Lipinski definition) is 0. The van der Waals surface area contributed by atoms with Crippen molar-refractivity contribution in [3.05, 3.63) is 59.3 Å². The van der Waals surface area contributed by atoms with Gasteiger partial charge >= 0.3 is 0 Å². The summed E-state index contributed by atoms with van der Waals surface area (Å²) in [5.41, 5.74) is 3.61. The van der Waals surface area contributed by atoms with Crippen molar-refractivity contribution in [1.82, 2.24) is 0 Å². The quantitative estimate of drug-likeness (QED) is 0.373. The van der Waals surface area contributed by atoms with Crippen molar-refractivity contribution in [1.29, 1.82) is 0 Å². The van der Waals surface area contributed by atoms with Crippen LogP contribution in [0.2, 0.25) is 0 Å². The maximum atomic E-state index is 13.1. The van der Waals surface area contributed by atoms with Crippen LogP contribution in [-0.4, -0.2) is 11.6 Å². The van der Waals surface area contributed by atoms with Crippen LogP contribution in [0.15, 0.2) is 59.3 Å². The van der Waals surface area contributed by atoms with E-state index in [1.54, 1.807) is 0 Å². The van der Waals surface area contributed by atoms with E-state index in [-0.39, 0.29) is 10.8 Å². The third-order valence-corrected chi connectivity index (χ3v) is 9.22. The van der Waals surface area contributed by atoms with E-state index in [0.717, 1.165) is 62.5 Å². The number of carbonyl (C=O) groups excluding carboxylic acids is 2. The number of allylic oxidation sites excluding steroid dienone is 10. The van der Waals surface area contributed by atoms with E-state index in [1.165, 1.54) is 5.57 Å². The number of carbonyl (C=O) groups is 2. The molecule has 0 N–H and O–H groups in total. The van der Waals surface area contributed by atoms with Crippen LogP contribution in [0.3, 0.4) is 0 Å². The molecule has 30 heavy (non-hydrogen) atoms. The Morgan fingerprint density at radius 1 is 1.00 bits per heavy atom. The second kappa shape index (κ2) is 7.32. The van der Waals surface area contributed by atoms with Crippen LogP contribution in [0.25, 0.3) is 0 Å². The molecule has 158 valence electrons. The van der Waals surface area contributed by atoms with Crippen molar-refractivity contribution in [2.45, 2.75) is 71.6 Å². The van der Waals surface area contributed by atoms with E-state index < -0.39 is 0 Å². The van der Waals surface area contributed by atoms with E-state index in [0.29, 0.717) is 35.7 Å². The van der Waals surface area contributed by atoms with Gasteiger partial charge < -0.3 is 0 Å². The van der Waals surface area contributed by atoms with Crippen LogP contribution in [0, 0.1) is 28.6 Å². The highest BCUT2D eigenvalue weighted by atomic mass is 16.1. The molecule has 0 aromatic carbocycles. The standard InChI is InChI=1S/C28H34O2/c1-27-16-15-24-22(23(27)12-14-26(27)30)11-9-21-10-13-25(29)20(18-28(21,24)2)17-19-7-5-3-4-6-8-19/h3,5-9,17,22-24H,4,10-16,18H2,1-2H3/b20-17+. The smallest absolute Gasteiger partial charge is 0.159 e. The van der Waals surface area contributed by atoms with Gasteiger partial charge in [-0.15, -0.1) is 0 Å². The Morgan fingerprint density at radius 2 is 1.83 bits per heavy atom. The third kappa shape index (κ3) is 3.06. The largest absolute Gasteiger partial charge is 0.299 e. The van der Waals surface area contributed by atoms with E-state index in [1.807, 2.05) is 0 Å². The van der Waals surface area contributed by atoms with Gasteiger partial charge in [-0.1, -0.05) is 55.9 Å². The van der Waals surface area contributed by atoms with E-state index in [9.17, 15) is 9.59 Å². The number of rotatable bonds is 1. The molecule has 5 aliphatic carbocycles. The lowest BCUT2D eigenvalue weighted by Gasteiger charge is -2.55. The molecule has 0 aromatic heterocycles. The maximum absolute atomic E-state index is 13.1. The Balaban J connectivity index is 1.50. The van der Waals surface area contributed by atoms with Crippen molar-refractivity contribution in [3.8, 4) is 0 Å². The number of hydrogen-bond acceptors (Lipinski definition) is 2. The number of fused-ring (bicyclic) bond motifs is 5. The number of Topliss-reactive ketones (excluding diaryl/α,β-unsaturated/α-hetero) is 2. The average molecular weight is 403 g/mol. The predicted octanol–water partition coefficient (Wildman–Crippen LogP) is 6.46. The van der Waals surface area contributed by atoms with Crippen LogP contribution < -0.4 is 0 Å². The Kier molecular flexibility index (Phi) is 4.87. The van der Waals surface area contributed by atoms with Crippen LogP contribution in [0.5, 0.6) is 0 Å². The van der Waals surface area contributed by atoms with Crippen LogP contribution in [0.4, 0.5) is 0 Å². The minimum Gasteiger partial charge on any atom is -0.299 e. The lowest BCUT2D eigenvalue weighted by atomic mass is 9.49. The fraction of sp³-hybridized carbons (Fsp3) is 0.571. The molecule has 0 aliphatic heterocycles. The second-order valence-corrected chi connectivity index (χ2v) is 10.7. The first-order chi connectivity index (χ1) is 14.4. The minimum atomic E-state index is -0.0929. The van der Waals surface area contributed by atoms with Crippen LogP contribution >= 0.6 is 0 Å². The summed E-state index contributed by atoms with van der Waals surface area (Å²) in [7, 11) is 0. The lowest BCUT2D eigenvalue weighted by molar-refractivity contribution is -0.131. The monoisotopic (exact) mass is 402 g/mol. The van der Waals surface area contributed by atoms with Gasteiger partial charge in [0.2, 0.25) is 0 Å². The Labute approximate surface area is 180 Å². The van der Waals surface area contributed by atoms with Gasteiger partial charge in [0.05, 0.1) is 0 Å².